The van der Waals surface area contributed by atoms with Crippen molar-refractivity contribution in [1.82, 2.24) is 0 Å². The fourth-order valence-corrected chi connectivity index (χ4v) is 2.16. The maximum Gasteiger partial charge on any atom is 0.124 e. The molecule has 0 radical (unpaired) electrons. The third-order valence-corrected chi connectivity index (χ3v) is 3.87. The Morgan fingerprint density at radius 1 is 1.42 bits per heavy atom. The first-order valence-corrected chi connectivity index (χ1v) is 5.39. The first-order chi connectivity index (χ1) is 5.70. The molecule has 66 valence electrons. The van der Waals surface area contributed by atoms with Gasteiger partial charge in [0.15, 0.2) is 0 Å². The Bertz CT molecular complexity index is 289. The molecule has 0 aliphatic rings. The van der Waals surface area contributed by atoms with E-state index in [0.29, 0.717) is 5.88 Å². The SMILES string of the molecule is COc1ccc(Br)c(Br)c1CCl. The van der Waals surface area contributed by atoms with Crippen molar-refractivity contribution >= 4 is 43.5 Å². The molecule has 0 unspecified atom stereocenters. The van der Waals surface area contributed by atoms with Crippen LogP contribution in [-0.2, 0) is 5.88 Å². The lowest BCUT2D eigenvalue weighted by atomic mass is 10.2. The molecule has 0 aromatic heterocycles. The predicted molar refractivity (Wildman–Crippen MR) is 58.0 cm³/mol. The zero-order valence-electron chi connectivity index (χ0n) is 6.40. The van der Waals surface area contributed by atoms with E-state index in [1.165, 1.54) is 0 Å². The molecule has 0 spiro atoms. The average Bonchev–Trinajstić information content (AvgIpc) is 2.09. The van der Waals surface area contributed by atoms with Crippen LogP contribution in [0.15, 0.2) is 21.1 Å². The highest BCUT2D eigenvalue weighted by molar-refractivity contribution is 9.13. The van der Waals surface area contributed by atoms with Crippen LogP contribution in [0.2, 0.25) is 0 Å². The zero-order chi connectivity index (χ0) is 9.14. The second kappa shape index (κ2) is 4.49. The Morgan fingerprint density at radius 2 is 2.08 bits per heavy atom. The van der Waals surface area contributed by atoms with Gasteiger partial charge in [-0.25, -0.2) is 0 Å². The summed E-state index contributed by atoms with van der Waals surface area (Å²) < 4.78 is 7.08. The Kier molecular flexibility index (Phi) is 3.87. The number of hydrogen-bond acceptors (Lipinski definition) is 1. The van der Waals surface area contributed by atoms with Gasteiger partial charge in [0.05, 0.1) is 13.0 Å². The van der Waals surface area contributed by atoms with Gasteiger partial charge in [0.2, 0.25) is 0 Å². The molecule has 0 N–H and O–H groups in total. The highest BCUT2D eigenvalue weighted by Crippen LogP contribution is 2.34. The number of benzene rings is 1. The highest BCUT2D eigenvalue weighted by Gasteiger charge is 2.08. The van der Waals surface area contributed by atoms with Crippen molar-refractivity contribution in [2.75, 3.05) is 7.11 Å². The van der Waals surface area contributed by atoms with E-state index in [1.54, 1.807) is 7.11 Å². The van der Waals surface area contributed by atoms with Crippen LogP contribution in [0.4, 0.5) is 0 Å². The van der Waals surface area contributed by atoms with E-state index in [2.05, 4.69) is 31.9 Å². The van der Waals surface area contributed by atoms with Crippen molar-refractivity contribution < 1.29 is 4.74 Å². The van der Waals surface area contributed by atoms with E-state index in [4.69, 9.17) is 16.3 Å². The van der Waals surface area contributed by atoms with Crippen LogP contribution in [0.3, 0.4) is 0 Å². The molecule has 4 heteroatoms. The predicted octanol–water partition coefficient (Wildman–Crippen LogP) is 3.96. The molecule has 0 saturated carbocycles. The monoisotopic (exact) mass is 312 g/mol. The molecule has 12 heavy (non-hydrogen) atoms. The minimum atomic E-state index is 0.434. The fraction of sp³-hybridized carbons (Fsp3) is 0.250. The summed E-state index contributed by atoms with van der Waals surface area (Å²) in [5.41, 5.74) is 0.966. The number of rotatable bonds is 2. The Hall–Kier alpha value is 0.270. The second-order valence-corrected chi connectivity index (χ2v) is 4.09. The number of ether oxygens (including phenoxy) is 1. The largest absolute Gasteiger partial charge is 0.496 e. The van der Waals surface area contributed by atoms with Crippen molar-refractivity contribution in [3.05, 3.63) is 26.6 Å². The summed E-state index contributed by atoms with van der Waals surface area (Å²) in [5.74, 6) is 1.24. The first kappa shape index (κ1) is 10.4. The topological polar surface area (TPSA) is 9.23 Å². The van der Waals surface area contributed by atoms with E-state index in [0.717, 1.165) is 20.3 Å². The van der Waals surface area contributed by atoms with Crippen LogP contribution < -0.4 is 4.74 Å². The van der Waals surface area contributed by atoms with Crippen LogP contribution >= 0.6 is 43.5 Å². The maximum absolute atomic E-state index is 5.76. The molecule has 1 aromatic carbocycles. The Labute approximate surface area is 93.3 Å². The third kappa shape index (κ3) is 1.95. The van der Waals surface area contributed by atoms with Crippen molar-refractivity contribution in [2.45, 2.75) is 5.88 Å². The van der Waals surface area contributed by atoms with Gasteiger partial charge in [-0.15, -0.1) is 11.6 Å². The van der Waals surface area contributed by atoms with Crippen molar-refractivity contribution in [2.24, 2.45) is 0 Å². The quantitative estimate of drug-likeness (QED) is 0.751. The second-order valence-electron chi connectivity index (χ2n) is 2.18. The van der Waals surface area contributed by atoms with E-state index in [9.17, 15) is 0 Å². The van der Waals surface area contributed by atoms with Gasteiger partial charge in [0.25, 0.3) is 0 Å². The molecule has 1 rings (SSSR count). The fourth-order valence-electron chi connectivity index (χ4n) is 0.891. The number of alkyl halides is 1. The van der Waals surface area contributed by atoms with Gasteiger partial charge in [0, 0.05) is 14.5 Å². The van der Waals surface area contributed by atoms with Gasteiger partial charge in [0.1, 0.15) is 5.75 Å². The number of hydrogen-bond donors (Lipinski definition) is 0. The summed E-state index contributed by atoms with van der Waals surface area (Å²) >= 11 is 12.6. The molecule has 0 aliphatic heterocycles. The van der Waals surface area contributed by atoms with E-state index in [-0.39, 0.29) is 0 Å². The van der Waals surface area contributed by atoms with Crippen molar-refractivity contribution in [3.8, 4) is 5.75 Å². The number of halogens is 3. The van der Waals surface area contributed by atoms with E-state index in [1.807, 2.05) is 12.1 Å². The third-order valence-electron chi connectivity index (χ3n) is 1.51. The Morgan fingerprint density at radius 3 is 2.58 bits per heavy atom. The van der Waals surface area contributed by atoms with Gasteiger partial charge in [-0.05, 0) is 44.0 Å². The van der Waals surface area contributed by atoms with E-state index < -0.39 is 0 Å². The van der Waals surface area contributed by atoms with Crippen LogP contribution in [0.1, 0.15) is 5.56 Å². The van der Waals surface area contributed by atoms with Crippen LogP contribution in [0, 0.1) is 0 Å². The summed E-state index contributed by atoms with van der Waals surface area (Å²) in [4.78, 5) is 0. The summed E-state index contributed by atoms with van der Waals surface area (Å²) in [6, 6.07) is 3.80. The van der Waals surface area contributed by atoms with Crippen LogP contribution in [0.25, 0.3) is 0 Å². The van der Waals surface area contributed by atoms with Gasteiger partial charge in [-0.3, -0.25) is 0 Å². The number of methoxy groups -OCH3 is 1. The molecule has 1 aromatic rings. The van der Waals surface area contributed by atoms with Crippen molar-refractivity contribution in [3.63, 3.8) is 0 Å². The normalized spacial score (nSPS) is 10.0. The minimum absolute atomic E-state index is 0.434. The minimum Gasteiger partial charge on any atom is -0.496 e. The van der Waals surface area contributed by atoms with Crippen LogP contribution in [-0.4, -0.2) is 7.11 Å². The lowest BCUT2D eigenvalue weighted by molar-refractivity contribution is 0.411. The van der Waals surface area contributed by atoms with Gasteiger partial charge < -0.3 is 4.74 Å². The lowest BCUT2D eigenvalue weighted by Crippen LogP contribution is -1.90. The molecule has 0 amide bonds. The van der Waals surface area contributed by atoms with Gasteiger partial charge >= 0.3 is 0 Å². The maximum atomic E-state index is 5.76. The molecule has 0 heterocycles. The molecular weight excluding hydrogens is 307 g/mol. The first-order valence-electron chi connectivity index (χ1n) is 3.27. The Balaban J connectivity index is 3.25. The summed E-state index contributed by atoms with van der Waals surface area (Å²) in [7, 11) is 1.63. The highest BCUT2D eigenvalue weighted by atomic mass is 79.9. The molecular formula is C8H7Br2ClO. The molecule has 0 aliphatic carbocycles. The molecule has 0 atom stereocenters. The molecule has 0 saturated heterocycles. The summed E-state index contributed by atoms with van der Waals surface area (Å²) in [6.45, 7) is 0. The lowest BCUT2D eigenvalue weighted by Gasteiger charge is -2.08. The van der Waals surface area contributed by atoms with E-state index >= 15 is 0 Å². The zero-order valence-corrected chi connectivity index (χ0v) is 10.3. The smallest absolute Gasteiger partial charge is 0.124 e. The summed E-state index contributed by atoms with van der Waals surface area (Å²) in [6.07, 6.45) is 0. The summed E-state index contributed by atoms with van der Waals surface area (Å²) in [5, 5.41) is 0. The van der Waals surface area contributed by atoms with Gasteiger partial charge in [-0.2, -0.15) is 0 Å². The standard InChI is InChI=1S/C8H7Br2ClO/c1-12-7-3-2-6(9)8(10)5(7)4-11/h2-3H,4H2,1H3. The molecule has 0 bridgehead atoms. The van der Waals surface area contributed by atoms with Gasteiger partial charge in [-0.1, -0.05) is 0 Å². The molecule has 1 nitrogen and oxygen atoms in total. The average molecular weight is 314 g/mol. The van der Waals surface area contributed by atoms with Crippen molar-refractivity contribution in [1.29, 1.82) is 0 Å². The molecule has 0 fully saturated rings. The van der Waals surface area contributed by atoms with Crippen LogP contribution in [0.5, 0.6) is 5.75 Å².